The van der Waals surface area contributed by atoms with Crippen molar-refractivity contribution in [1.29, 1.82) is 0 Å². The lowest BCUT2D eigenvalue weighted by Gasteiger charge is -2.08. The number of nitrogens with zero attached hydrogens (tertiary/aromatic N) is 2. The molecule has 0 aliphatic carbocycles. The van der Waals surface area contributed by atoms with Crippen LogP contribution in [-0.4, -0.2) is 9.97 Å². The molecule has 1 aromatic heterocycles. The number of hydrogen-bond donors (Lipinski definition) is 1. The molecule has 19 heavy (non-hydrogen) atoms. The fraction of sp³-hybridized carbons (Fsp3) is 0.231. The van der Waals surface area contributed by atoms with Gasteiger partial charge in [0.05, 0.1) is 4.47 Å². The van der Waals surface area contributed by atoms with Crippen molar-refractivity contribution in [2.45, 2.75) is 19.8 Å². The number of aryl methyl sites for hydroxylation is 1. The summed E-state index contributed by atoms with van der Waals surface area (Å²) in [6.07, 6.45) is 1.66. The summed E-state index contributed by atoms with van der Waals surface area (Å²) >= 11 is 3.02. The van der Waals surface area contributed by atoms with E-state index in [0.717, 1.165) is 24.6 Å². The molecule has 0 bridgehead atoms. The van der Waals surface area contributed by atoms with Crippen molar-refractivity contribution in [3.63, 3.8) is 0 Å². The predicted octanol–water partition coefficient (Wildman–Crippen LogP) is 3.72. The average molecular weight is 328 g/mol. The molecule has 0 aliphatic heterocycles. The van der Waals surface area contributed by atoms with Crippen LogP contribution in [0.4, 0.5) is 14.6 Å². The summed E-state index contributed by atoms with van der Waals surface area (Å²) in [6, 6.07) is 4.15. The van der Waals surface area contributed by atoms with E-state index >= 15 is 0 Å². The fourth-order valence-electron chi connectivity index (χ4n) is 1.72. The highest BCUT2D eigenvalue weighted by molar-refractivity contribution is 9.10. The fourth-order valence-corrected chi connectivity index (χ4v) is 2.22. The third-order valence-corrected chi connectivity index (χ3v) is 3.36. The highest BCUT2D eigenvalue weighted by Crippen LogP contribution is 2.30. The number of aromatic nitrogens is 2. The topological polar surface area (TPSA) is 51.8 Å². The van der Waals surface area contributed by atoms with Crippen molar-refractivity contribution in [3.05, 3.63) is 40.0 Å². The third kappa shape index (κ3) is 2.89. The second-order valence-electron chi connectivity index (χ2n) is 4.08. The Morgan fingerprint density at radius 2 is 2.00 bits per heavy atom. The van der Waals surface area contributed by atoms with Crippen LogP contribution in [0.2, 0.25) is 0 Å². The van der Waals surface area contributed by atoms with Crippen molar-refractivity contribution < 1.29 is 8.78 Å². The molecule has 0 saturated heterocycles. The van der Waals surface area contributed by atoms with Crippen LogP contribution in [0.5, 0.6) is 0 Å². The number of nitrogens with two attached hydrogens (primary N) is 1. The number of rotatable bonds is 3. The third-order valence-electron chi connectivity index (χ3n) is 2.58. The Morgan fingerprint density at radius 1 is 1.26 bits per heavy atom. The Hall–Kier alpha value is -1.56. The summed E-state index contributed by atoms with van der Waals surface area (Å²) < 4.78 is 26.6. The Bertz CT molecular complexity index is 617. The van der Waals surface area contributed by atoms with Gasteiger partial charge in [-0.05, 0) is 34.5 Å². The molecule has 0 spiro atoms. The van der Waals surface area contributed by atoms with Gasteiger partial charge >= 0.3 is 0 Å². The zero-order valence-electron chi connectivity index (χ0n) is 10.3. The highest BCUT2D eigenvalue weighted by Gasteiger charge is 2.15. The molecule has 0 radical (unpaired) electrons. The molecule has 0 atom stereocenters. The first-order valence-electron chi connectivity index (χ1n) is 5.80. The minimum absolute atomic E-state index is 0.000508. The van der Waals surface area contributed by atoms with E-state index < -0.39 is 11.6 Å². The van der Waals surface area contributed by atoms with Crippen LogP contribution < -0.4 is 5.73 Å². The maximum atomic E-state index is 13.5. The predicted molar refractivity (Wildman–Crippen MR) is 73.5 cm³/mol. The number of benzene rings is 1. The van der Waals surface area contributed by atoms with Gasteiger partial charge < -0.3 is 5.73 Å². The summed E-state index contributed by atoms with van der Waals surface area (Å²) in [4.78, 5) is 8.38. The number of halogens is 3. The van der Waals surface area contributed by atoms with Gasteiger partial charge in [-0.1, -0.05) is 13.3 Å². The van der Waals surface area contributed by atoms with Crippen molar-refractivity contribution in [2.24, 2.45) is 0 Å². The van der Waals surface area contributed by atoms with E-state index in [0.29, 0.717) is 11.4 Å². The van der Waals surface area contributed by atoms with Crippen LogP contribution in [0.3, 0.4) is 0 Å². The van der Waals surface area contributed by atoms with Crippen molar-refractivity contribution in [3.8, 4) is 11.4 Å². The molecule has 1 heterocycles. The van der Waals surface area contributed by atoms with E-state index in [1.807, 2.05) is 6.92 Å². The average Bonchev–Trinajstić information content (AvgIpc) is 2.36. The highest BCUT2D eigenvalue weighted by atomic mass is 79.9. The van der Waals surface area contributed by atoms with Gasteiger partial charge in [0.2, 0.25) is 0 Å². The van der Waals surface area contributed by atoms with E-state index in [2.05, 4.69) is 25.9 Å². The van der Waals surface area contributed by atoms with Crippen molar-refractivity contribution >= 4 is 21.7 Å². The van der Waals surface area contributed by atoms with Gasteiger partial charge in [-0.25, -0.2) is 18.7 Å². The second kappa shape index (κ2) is 5.61. The Kier molecular flexibility index (Phi) is 4.09. The molecule has 100 valence electrons. The molecule has 2 aromatic rings. The Balaban J connectivity index is 2.55. The quantitative estimate of drug-likeness (QED) is 0.874. The molecule has 0 unspecified atom stereocenters. The van der Waals surface area contributed by atoms with E-state index in [9.17, 15) is 8.78 Å². The van der Waals surface area contributed by atoms with Gasteiger partial charge in [-0.2, -0.15) is 0 Å². The van der Waals surface area contributed by atoms with Crippen molar-refractivity contribution in [2.75, 3.05) is 5.73 Å². The molecular formula is C13H12BrF2N3. The summed E-state index contributed by atoms with van der Waals surface area (Å²) in [6.45, 7) is 2.02. The smallest absolute Gasteiger partial charge is 0.173 e. The first-order valence-corrected chi connectivity index (χ1v) is 6.59. The van der Waals surface area contributed by atoms with Gasteiger partial charge in [-0.15, -0.1) is 0 Å². The molecule has 0 fully saturated rings. The molecular weight excluding hydrogens is 316 g/mol. The SMILES string of the molecule is CCCc1cc(N)nc(-c2ccc(F)c(F)c2Br)n1. The van der Waals surface area contributed by atoms with Crippen LogP contribution in [0.15, 0.2) is 22.7 Å². The summed E-state index contributed by atoms with van der Waals surface area (Å²) in [5, 5.41) is 0. The van der Waals surface area contributed by atoms with E-state index in [-0.39, 0.29) is 10.3 Å². The summed E-state index contributed by atoms with van der Waals surface area (Å²) in [5.41, 5.74) is 6.87. The zero-order valence-corrected chi connectivity index (χ0v) is 11.8. The molecule has 2 rings (SSSR count). The first-order chi connectivity index (χ1) is 9.02. The Morgan fingerprint density at radius 3 is 2.68 bits per heavy atom. The monoisotopic (exact) mass is 327 g/mol. The maximum Gasteiger partial charge on any atom is 0.173 e. The summed E-state index contributed by atoms with van der Waals surface area (Å²) in [7, 11) is 0. The van der Waals surface area contributed by atoms with E-state index in [4.69, 9.17) is 5.73 Å². The summed E-state index contributed by atoms with van der Waals surface area (Å²) in [5.74, 6) is -1.28. The van der Waals surface area contributed by atoms with Crippen LogP contribution in [0, 0.1) is 11.6 Å². The van der Waals surface area contributed by atoms with Crippen molar-refractivity contribution in [1.82, 2.24) is 9.97 Å². The molecule has 0 aliphatic rings. The lowest BCUT2D eigenvalue weighted by Crippen LogP contribution is -2.01. The van der Waals surface area contributed by atoms with Gasteiger partial charge in [0.1, 0.15) is 5.82 Å². The van der Waals surface area contributed by atoms with Crippen LogP contribution >= 0.6 is 15.9 Å². The normalized spacial score (nSPS) is 10.7. The largest absolute Gasteiger partial charge is 0.384 e. The van der Waals surface area contributed by atoms with E-state index in [1.165, 1.54) is 6.07 Å². The van der Waals surface area contributed by atoms with Crippen LogP contribution in [0.1, 0.15) is 19.0 Å². The minimum atomic E-state index is -0.958. The number of anilines is 1. The molecule has 2 N–H and O–H groups in total. The van der Waals surface area contributed by atoms with Gasteiger partial charge in [-0.3, -0.25) is 0 Å². The van der Waals surface area contributed by atoms with Gasteiger partial charge in [0.25, 0.3) is 0 Å². The van der Waals surface area contributed by atoms with Gasteiger partial charge in [0, 0.05) is 17.3 Å². The standard InChI is InChI=1S/C13H12BrF2N3/c1-2-3-7-6-10(17)19-13(18-7)8-4-5-9(15)12(16)11(8)14/h4-6H,2-3H2,1H3,(H2,17,18,19). The number of hydrogen-bond acceptors (Lipinski definition) is 3. The maximum absolute atomic E-state index is 13.5. The van der Waals surface area contributed by atoms with Crippen LogP contribution in [0.25, 0.3) is 11.4 Å². The Labute approximate surface area is 118 Å². The lowest BCUT2D eigenvalue weighted by molar-refractivity contribution is 0.504. The number of nitrogen functional groups attached to an aromatic ring is 1. The molecule has 3 nitrogen and oxygen atoms in total. The molecule has 6 heteroatoms. The molecule has 0 saturated carbocycles. The first kappa shape index (κ1) is 13.9. The lowest BCUT2D eigenvalue weighted by atomic mass is 10.2. The van der Waals surface area contributed by atoms with Crippen LogP contribution in [-0.2, 0) is 6.42 Å². The zero-order chi connectivity index (χ0) is 14.0. The van der Waals surface area contributed by atoms with Gasteiger partial charge in [0.15, 0.2) is 17.5 Å². The minimum Gasteiger partial charge on any atom is -0.384 e. The van der Waals surface area contributed by atoms with E-state index in [1.54, 1.807) is 6.07 Å². The second-order valence-corrected chi connectivity index (χ2v) is 4.87. The molecule has 0 amide bonds. The molecule has 1 aromatic carbocycles.